The van der Waals surface area contributed by atoms with Crippen molar-refractivity contribution in [3.8, 4) is 0 Å². The van der Waals surface area contributed by atoms with E-state index in [0.717, 1.165) is 0 Å². The topological polar surface area (TPSA) is 92.6 Å². The van der Waals surface area contributed by atoms with Gasteiger partial charge in [-0.15, -0.1) is 0 Å². The first-order valence-corrected chi connectivity index (χ1v) is 1.56. The summed E-state index contributed by atoms with van der Waals surface area (Å²) in [7, 11) is 0. The molecule has 0 saturated heterocycles. The Bertz CT molecular complexity index is 48.1. The van der Waals surface area contributed by atoms with Crippen molar-refractivity contribution in [1.29, 1.82) is 0 Å². The van der Waals surface area contributed by atoms with Crippen molar-refractivity contribution in [3.05, 3.63) is 0 Å². The molecule has 5 heteroatoms. The maximum Gasteiger partial charge on any atom is 0.345 e. The van der Waals surface area contributed by atoms with Crippen LogP contribution in [0.5, 0.6) is 0 Å². The van der Waals surface area contributed by atoms with E-state index in [9.17, 15) is 5.11 Å². The van der Waals surface area contributed by atoms with E-state index in [2.05, 4.69) is 0 Å². The van der Waals surface area contributed by atoms with Gasteiger partial charge in [0.25, 0.3) is 0 Å². The number of nitrogens with one attached hydrogen (secondary N) is 1. The Balaban J connectivity index is 3.15. The molecule has 0 rings (SSSR count). The lowest BCUT2D eigenvalue weighted by molar-refractivity contribution is -0.337. The van der Waals surface area contributed by atoms with Crippen LogP contribution in [0.3, 0.4) is 0 Å². The summed E-state index contributed by atoms with van der Waals surface area (Å²) >= 11 is 0. The number of hydrogen-bond donors (Lipinski definition) is 4. The summed E-state index contributed by atoms with van der Waals surface area (Å²) in [5.41, 5.74) is 0. The van der Waals surface area contributed by atoms with Crippen LogP contribution in [0.2, 0.25) is 0 Å². The monoisotopic (exact) mass is 108 g/mol. The SMILES string of the molecule is [O]CNC(O)(O)O. The van der Waals surface area contributed by atoms with E-state index >= 15 is 0 Å². The van der Waals surface area contributed by atoms with E-state index in [1.165, 1.54) is 5.32 Å². The molecule has 0 aliphatic carbocycles. The predicted octanol–water partition coefficient (Wildman–Crippen LogP) is -2.45. The zero-order valence-corrected chi connectivity index (χ0v) is 3.46. The van der Waals surface area contributed by atoms with Crippen LogP contribution in [0, 0.1) is 0 Å². The van der Waals surface area contributed by atoms with Gasteiger partial charge < -0.3 is 15.3 Å². The molecule has 0 aliphatic rings. The summed E-state index contributed by atoms with van der Waals surface area (Å²) in [4.78, 5) is 0. The summed E-state index contributed by atoms with van der Waals surface area (Å²) in [6.45, 7) is -0.941. The molecule has 1 radical (unpaired) electrons. The quantitative estimate of drug-likeness (QED) is 0.295. The molecule has 0 aromatic carbocycles. The van der Waals surface area contributed by atoms with Gasteiger partial charge in [-0.3, -0.25) is 0 Å². The first-order valence-electron chi connectivity index (χ1n) is 1.56. The molecule has 0 amide bonds. The van der Waals surface area contributed by atoms with Gasteiger partial charge in [-0.1, -0.05) is 0 Å². The van der Waals surface area contributed by atoms with Crippen LogP contribution < -0.4 is 5.32 Å². The molecule has 0 fully saturated rings. The van der Waals surface area contributed by atoms with Crippen molar-refractivity contribution in [2.75, 3.05) is 6.73 Å². The van der Waals surface area contributed by atoms with Gasteiger partial charge in [-0.05, 0) is 0 Å². The molecule has 7 heavy (non-hydrogen) atoms. The normalized spacial score (nSPS) is 12.0. The Morgan fingerprint density at radius 1 is 1.43 bits per heavy atom. The molecule has 0 aromatic rings. The minimum atomic E-state index is -3.01. The van der Waals surface area contributed by atoms with Crippen LogP contribution in [0.25, 0.3) is 0 Å². The van der Waals surface area contributed by atoms with Gasteiger partial charge in [0.2, 0.25) is 0 Å². The van der Waals surface area contributed by atoms with Crippen molar-refractivity contribution in [2.45, 2.75) is 6.10 Å². The molecular weight excluding hydrogens is 102 g/mol. The predicted molar refractivity (Wildman–Crippen MR) is 18.1 cm³/mol. The highest BCUT2D eigenvalue weighted by Gasteiger charge is 2.14. The van der Waals surface area contributed by atoms with Crippen molar-refractivity contribution < 1.29 is 20.4 Å². The maximum absolute atomic E-state index is 9.35. The van der Waals surface area contributed by atoms with Crippen LogP contribution >= 0.6 is 0 Å². The van der Waals surface area contributed by atoms with Crippen LogP contribution in [0.15, 0.2) is 0 Å². The van der Waals surface area contributed by atoms with Gasteiger partial charge in [0.1, 0.15) is 6.73 Å². The van der Waals surface area contributed by atoms with Crippen LogP contribution in [0.4, 0.5) is 0 Å². The Morgan fingerprint density at radius 3 is 1.86 bits per heavy atom. The zero-order valence-electron chi connectivity index (χ0n) is 3.46. The van der Waals surface area contributed by atoms with Gasteiger partial charge in [0.15, 0.2) is 0 Å². The van der Waals surface area contributed by atoms with Crippen LogP contribution in [0.1, 0.15) is 0 Å². The number of aliphatic hydroxyl groups is 3. The average Bonchev–Trinajstić information content (AvgIpc) is 1.30. The molecule has 0 bridgehead atoms. The third-order valence-corrected chi connectivity index (χ3v) is 0.309. The second-order valence-corrected chi connectivity index (χ2v) is 0.957. The molecule has 0 spiro atoms. The van der Waals surface area contributed by atoms with Crippen molar-refractivity contribution in [1.82, 2.24) is 5.32 Å². The second kappa shape index (κ2) is 2.20. The van der Waals surface area contributed by atoms with Gasteiger partial charge in [-0.25, -0.2) is 10.4 Å². The fourth-order valence-corrected chi connectivity index (χ4v) is 0.0968. The molecule has 0 aromatic heterocycles. The largest absolute Gasteiger partial charge is 0.345 e. The molecule has 43 valence electrons. The van der Waals surface area contributed by atoms with E-state index in [-0.39, 0.29) is 0 Å². The molecule has 0 unspecified atom stereocenters. The Hall–Kier alpha value is -0.200. The fraction of sp³-hybridized carbons (Fsp3) is 1.00. The molecular formula is C2H6NO4. The second-order valence-electron chi connectivity index (χ2n) is 0.957. The summed E-state index contributed by atoms with van der Waals surface area (Å²) in [5.74, 6) is 0. The third kappa shape index (κ3) is 5.80. The minimum absolute atomic E-state index is 0.941. The lowest BCUT2D eigenvalue weighted by Crippen LogP contribution is -2.44. The zero-order chi connectivity index (χ0) is 5.91. The van der Waals surface area contributed by atoms with Crippen molar-refractivity contribution in [2.24, 2.45) is 0 Å². The minimum Gasteiger partial charge on any atom is -0.330 e. The molecule has 0 atom stereocenters. The summed E-state index contributed by atoms with van der Waals surface area (Å²) in [6, 6.07) is 0. The Morgan fingerprint density at radius 2 is 1.86 bits per heavy atom. The number of hydrogen-bond acceptors (Lipinski definition) is 4. The summed E-state index contributed by atoms with van der Waals surface area (Å²) in [5, 5.41) is 34.2. The van der Waals surface area contributed by atoms with E-state index in [0.29, 0.717) is 0 Å². The van der Waals surface area contributed by atoms with Crippen molar-refractivity contribution in [3.63, 3.8) is 0 Å². The first kappa shape index (κ1) is 6.80. The van der Waals surface area contributed by atoms with Crippen LogP contribution in [-0.2, 0) is 5.11 Å². The highest BCUT2D eigenvalue weighted by molar-refractivity contribution is 4.32. The molecule has 0 aliphatic heterocycles. The summed E-state index contributed by atoms with van der Waals surface area (Å²) < 4.78 is 0. The molecule has 0 heterocycles. The molecule has 0 saturated carbocycles. The van der Waals surface area contributed by atoms with E-state index in [4.69, 9.17) is 15.3 Å². The molecule has 5 nitrogen and oxygen atoms in total. The number of rotatable bonds is 2. The van der Waals surface area contributed by atoms with E-state index in [1.54, 1.807) is 0 Å². The Labute approximate surface area is 39.8 Å². The summed E-state index contributed by atoms with van der Waals surface area (Å²) in [6.07, 6.45) is -3.01. The van der Waals surface area contributed by atoms with Crippen LogP contribution in [-0.4, -0.2) is 28.1 Å². The van der Waals surface area contributed by atoms with E-state index in [1.807, 2.05) is 0 Å². The highest BCUT2D eigenvalue weighted by atomic mass is 16.7. The average molecular weight is 108 g/mol. The smallest absolute Gasteiger partial charge is 0.330 e. The Kier molecular flexibility index (Phi) is 2.13. The van der Waals surface area contributed by atoms with Crippen molar-refractivity contribution >= 4 is 0 Å². The standard InChI is InChI=1S/C2H6NO4/c4-1-3-2(5,6)7/h3,5-7H,1H2. The lowest BCUT2D eigenvalue weighted by Gasteiger charge is -2.11. The molecule has 4 N–H and O–H groups in total. The van der Waals surface area contributed by atoms with E-state index < -0.39 is 12.8 Å². The lowest BCUT2D eigenvalue weighted by atomic mass is 10.9. The van der Waals surface area contributed by atoms with Gasteiger partial charge in [-0.2, -0.15) is 0 Å². The van der Waals surface area contributed by atoms with Gasteiger partial charge in [0.05, 0.1) is 0 Å². The first-order chi connectivity index (χ1) is 3.06. The van der Waals surface area contributed by atoms with Gasteiger partial charge in [0, 0.05) is 0 Å². The maximum atomic E-state index is 9.35. The highest BCUT2D eigenvalue weighted by Crippen LogP contribution is 1.79. The fourth-order valence-electron chi connectivity index (χ4n) is 0.0968. The van der Waals surface area contributed by atoms with Gasteiger partial charge >= 0.3 is 6.10 Å². The third-order valence-electron chi connectivity index (χ3n) is 0.309.